The highest BCUT2D eigenvalue weighted by atomic mass is 19.1. The number of carbonyl (C=O) groups excluding carboxylic acids is 2. The van der Waals surface area contributed by atoms with Crippen LogP contribution >= 0.6 is 0 Å². The van der Waals surface area contributed by atoms with Gasteiger partial charge in [-0.15, -0.1) is 0 Å². The lowest BCUT2D eigenvalue weighted by Crippen LogP contribution is -2.53. The third-order valence-electron chi connectivity index (χ3n) is 9.98. The Hall–Kier alpha value is -5.84. The lowest BCUT2D eigenvalue weighted by atomic mass is 9.93. The molecule has 278 valence electrons. The van der Waals surface area contributed by atoms with Crippen LogP contribution in [0.2, 0.25) is 0 Å². The van der Waals surface area contributed by atoms with E-state index in [1.165, 1.54) is 0 Å². The number of ether oxygens (including phenoxy) is 2. The summed E-state index contributed by atoms with van der Waals surface area (Å²) in [6.45, 7) is 4.06. The van der Waals surface area contributed by atoms with Crippen LogP contribution in [-0.4, -0.2) is 93.8 Å². The molecule has 3 atom stereocenters. The molecule has 2 aromatic carbocycles. The molecule has 2 unspecified atom stereocenters. The molecule has 54 heavy (non-hydrogen) atoms. The lowest BCUT2D eigenvalue weighted by Gasteiger charge is -2.38. The quantitative estimate of drug-likeness (QED) is 0.141. The van der Waals surface area contributed by atoms with Crippen LogP contribution in [0.15, 0.2) is 85.2 Å². The van der Waals surface area contributed by atoms with Crippen molar-refractivity contribution in [2.75, 3.05) is 50.1 Å². The fourth-order valence-corrected chi connectivity index (χ4v) is 7.09. The number of para-hydroxylation sites is 1. The third kappa shape index (κ3) is 6.98. The molecule has 1 saturated carbocycles. The smallest absolute Gasteiger partial charge is 0.338 e. The van der Waals surface area contributed by atoms with Gasteiger partial charge in [-0.25, -0.2) is 24.2 Å². The molecule has 0 radical (unpaired) electrons. The summed E-state index contributed by atoms with van der Waals surface area (Å²) in [5.74, 6) is -1.32. The van der Waals surface area contributed by atoms with E-state index in [1.54, 1.807) is 53.5 Å². The molecule has 2 N–H and O–H groups in total. The van der Waals surface area contributed by atoms with E-state index in [2.05, 4.69) is 25.6 Å². The summed E-state index contributed by atoms with van der Waals surface area (Å²) in [6, 6.07) is 19.7. The number of nitrogens with zero attached hydrogens (tertiary/aromatic N) is 7. The fraction of sp³-hybridized carbons (Fsp3) is 0.316. The van der Waals surface area contributed by atoms with Gasteiger partial charge in [-0.1, -0.05) is 36.4 Å². The standard InChI is InChI=1S/C38H37F2N9O5/c1-23-32(26-18-41-36(42-19-26)47-20-28(21-47)53-35(50)24-9-5-3-6-10-24)46-49(27-11-7-4-8-12-27)34(23)45-37(51)43-29-17-38(29)22-48(13-14-52-2)54-33(38)25-15-30(39)44-31(40)16-25/h3-12,15-16,18-19,28-29,33H,13-14,17,20-22H2,1-2H3,(H2,43,45,51)/t29?,33?,38-/m0/s1. The van der Waals surface area contributed by atoms with Gasteiger partial charge in [0, 0.05) is 55.2 Å². The molecule has 1 spiro atoms. The molecular formula is C38H37F2N9O5. The first-order valence-corrected chi connectivity index (χ1v) is 17.5. The van der Waals surface area contributed by atoms with Crippen molar-refractivity contribution in [3.8, 4) is 16.9 Å². The average molecular weight is 738 g/mol. The van der Waals surface area contributed by atoms with E-state index in [9.17, 15) is 18.4 Å². The summed E-state index contributed by atoms with van der Waals surface area (Å²) in [5, 5.41) is 12.6. The van der Waals surface area contributed by atoms with Crippen molar-refractivity contribution in [2.45, 2.75) is 31.6 Å². The minimum atomic E-state index is -0.946. The van der Waals surface area contributed by atoms with E-state index in [4.69, 9.17) is 19.4 Å². The van der Waals surface area contributed by atoms with Gasteiger partial charge in [-0.2, -0.15) is 23.9 Å². The zero-order valence-electron chi connectivity index (χ0n) is 29.5. The topological polar surface area (TPSA) is 149 Å². The van der Waals surface area contributed by atoms with Gasteiger partial charge in [-0.05, 0) is 55.3 Å². The van der Waals surface area contributed by atoms with Crippen LogP contribution in [0.1, 0.15) is 34.0 Å². The number of hydrogen-bond acceptors (Lipinski definition) is 11. The van der Waals surface area contributed by atoms with Crippen molar-refractivity contribution in [1.29, 1.82) is 0 Å². The number of urea groups is 1. The summed E-state index contributed by atoms with van der Waals surface area (Å²) < 4.78 is 40.8. The van der Waals surface area contributed by atoms with Crippen molar-refractivity contribution >= 4 is 23.8 Å². The Morgan fingerprint density at radius 1 is 1.00 bits per heavy atom. The highest BCUT2D eigenvalue weighted by Crippen LogP contribution is 2.61. The monoisotopic (exact) mass is 737 g/mol. The van der Waals surface area contributed by atoms with Crippen molar-refractivity contribution < 1.29 is 32.7 Å². The number of nitrogens with one attached hydrogen (secondary N) is 2. The first kappa shape index (κ1) is 35.2. The zero-order chi connectivity index (χ0) is 37.4. The second-order valence-corrected chi connectivity index (χ2v) is 13.6. The predicted octanol–water partition coefficient (Wildman–Crippen LogP) is 4.87. The summed E-state index contributed by atoms with van der Waals surface area (Å²) >= 11 is 0. The largest absolute Gasteiger partial charge is 0.455 e. The molecule has 3 aromatic heterocycles. The van der Waals surface area contributed by atoms with Crippen LogP contribution in [0.25, 0.3) is 16.9 Å². The van der Waals surface area contributed by atoms with Crippen LogP contribution in [0.3, 0.4) is 0 Å². The number of hydrogen-bond donors (Lipinski definition) is 2. The molecule has 2 saturated heterocycles. The average Bonchev–Trinajstić information content (AvgIpc) is 3.53. The van der Waals surface area contributed by atoms with Gasteiger partial charge < -0.3 is 19.7 Å². The highest BCUT2D eigenvalue weighted by Gasteiger charge is 2.65. The van der Waals surface area contributed by atoms with Crippen molar-refractivity contribution in [1.82, 2.24) is 35.1 Å². The maximum absolute atomic E-state index is 14.2. The molecule has 14 nitrogen and oxygen atoms in total. The molecule has 0 bridgehead atoms. The van der Waals surface area contributed by atoms with E-state index >= 15 is 0 Å². The molecule has 16 heteroatoms. The second kappa shape index (κ2) is 14.5. The normalized spacial score (nSPS) is 20.9. The summed E-state index contributed by atoms with van der Waals surface area (Å²) in [5.41, 5.74) is 2.81. The van der Waals surface area contributed by atoms with Gasteiger partial charge in [0.2, 0.25) is 17.8 Å². The van der Waals surface area contributed by atoms with E-state index in [0.29, 0.717) is 78.9 Å². The number of esters is 1. The number of aromatic nitrogens is 5. The molecule has 1 aliphatic carbocycles. The number of anilines is 2. The number of hydroxylamine groups is 2. The van der Waals surface area contributed by atoms with Crippen molar-refractivity contribution in [3.63, 3.8) is 0 Å². The van der Waals surface area contributed by atoms with Gasteiger partial charge in [0.05, 0.1) is 30.9 Å². The molecule has 3 fully saturated rings. The Bertz CT molecular complexity index is 2130. The number of methoxy groups -OCH3 is 1. The van der Waals surface area contributed by atoms with Crippen molar-refractivity contribution in [2.24, 2.45) is 5.41 Å². The first-order valence-electron chi connectivity index (χ1n) is 17.5. The SMILES string of the molecule is COCCN1C[C@]2(CC2NC(=O)Nc2c(C)c(-c3cnc(N4CC(OC(=O)c5ccccc5)C4)nc3)nn2-c2ccccc2)C(c2cc(F)nc(F)c2)O1. The minimum absolute atomic E-state index is 0.265. The molecule has 2 amide bonds. The molecule has 3 aliphatic rings. The van der Waals surface area contributed by atoms with Gasteiger partial charge >= 0.3 is 12.0 Å². The molecule has 8 rings (SSSR count). The zero-order valence-corrected chi connectivity index (χ0v) is 29.5. The number of rotatable bonds is 11. The Morgan fingerprint density at radius 2 is 1.69 bits per heavy atom. The van der Waals surface area contributed by atoms with Crippen LogP contribution in [0.4, 0.5) is 25.3 Å². The fourth-order valence-electron chi connectivity index (χ4n) is 7.09. The van der Waals surface area contributed by atoms with E-state index in [-0.39, 0.29) is 18.1 Å². The number of halogens is 2. The van der Waals surface area contributed by atoms with E-state index in [0.717, 1.165) is 17.8 Å². The van der Waals surface area contributed by atoms with Gasteiger partial charge in [-0.3, -0.25) is 10.2 Å². The maximum atomic E-state index is 14.2. The predicted molar refractivity (Wildman–Crippen MR) is 192 cm³/mol. The molecular weight excluding hydrogens is 700 g/mol. The Labute approximate surface area is 309 Å². The number of benzene rings is 2. The van der Waals surface area contributed by atoms with Gasteiger partial charge in [0.25, 0.3) is 0 Å². The van der Waals surface area contributed by atoms with Gasteiger partial charge in [0.15, 0.2) is 0 Å². The second-order valence-electron chi connectivity index (χ2n) is 13.6. The molecule has 5 aromatic rings. The summed E-state index contributed by atoms with van der Waals surface area (Å²) in [7, 11) is 1.58. The third-order valence-corrected chi connectivity index (χ3v) is 9.98. The number of pyridine rings is 1. The Balaban J connectivity index is 0.972. The lowest BCUT2D eigenvalue weighted by molar-refractivity contribution is -0.156. The highest BCUT2D eigenvalue weighted by molar-refractivity contribution is 5.91. The Kier molecular flexibility index (Phi) is 9.47. The van der Waals surface area contributed by atoms with Crippen LogP contribution in [0, 0.1) is 24.2 Å². The number of carbonyl (C=O) groups is 2. The molecule has 2 aliphatic heterocycles. The summed E-state index contributed by atoms with van der Waals surface area (Å²) in [4.78, 5) is 46.6. The maximum Gasteiger partial charge on any atom is 0.338 e. The van der Waals surface area contributed by atoms with Crippen LogP contribution in [0.5, 0.6) is 0 Å². The van der Waals surface area contributed by atoms with E-state index in [1.807, 2.05) is 48.2 Å². The van der Waals surface area contributed by atoms with E-state index < -0.39 is 29.4 Å². The first-order chi connectivity index (χ1) is 26.2. The number of amides is 2. The minimum Gasteiger partial charge on any atom is -0.455 e. The Morgan fingerprint density at radius 3 is 2.37 bits per heavy atom. The van der Waals surface area contributed by atoms with Gasteiger partial charge in [0.1, 0.15) is 23.7 Å². The summed E-state index contributed by atoms with van der Waals surface area (Å²) in [6.07, 6.45) is 2.91. The van der Waals surface area contributed by atoms with Crippen molar-refractivity contribution in [3.05, 3.63) is 114 Å². The molecule has 5 heterocycles. The van der Waals surface area contributed by atoms with Crippen LogP contribution in [-0.2, 0) is 14.3 Å². The van der Waals surface area contributed by atoms with Crippen LogP contribution < -0.4 is 15.5 Å².